The Labute approximate surface area is 188 Å². The van der Waals surface area contributed by atoms with Crippen LogP contribution < -0.4 is 16.6 Å². The van der Waals surface area contributed by atoms with E-state index in [1.807, 2.05) is 19.1 Å². The number of aryl methyl sites for hydroxylation is 1. The average Bonchev–Trinajstić information content (AvgIpc) is 2.75. The molecule has 7 heteroatoms. The summed E-state index contributed by atoms with van der Waals surface area (Å²) in [4.78, 5) is 14.6. The molecule has 1 fully saturated rings. The SMILES string of the molecule is C=C/C=C\c1c(N)ccc(=O)n1CCN1CC[C@H](NCc2ccc(Cl)c(C)c2)[C@H](O)C1. The summed E-state index contributed by atoms with van der Waals surface area (Å²) in [5.74, 6) is 0. The van der Waals surface area contributed by atoms with Crippen LogP contribution in [0.2, 0.25) is 5.02 Å². The van der Waals surface area contributed by atoms with Gasteiger partial charge < -0.3 is 20.7 Å². The molecular weight excluding hydrogens is 412 g/mol. The molecule has 4 N–H and O–H groups in total. The quantitative estimate of drug-likeness (QED) is 0.547. The number of allylic oxidation sites excluding steroid dienone is 2. The van der Waals surface area contributed by atoms with Crippen molar-refractivity contribution in [3.8, 4) is 0 Å². The number of rotatable bonds is 8. The molecule has 1 saturated heterocycles. The number of nitrogens with one attached hydrogen (secondary N) is 1. The molecule has 0 aliphatic carbocycles. The summed E-state index contributed by atoms with van der Waals surface area (Å²) in [5, 5.41) is 14.9. The molecule has 31 heavy (non-hydrogen) atoms. The van der Waals surface area contributed by atoms with Crippen molar-refractivity contribution >= 4 is 23.4 Å². The Morgan fingerprint density at radius 1 is 1.32 bits per heavy atom. The highest BCUT2D eigenvalue weighted by Crippen LogP contribution is 2.18. The predicted octanol–water partition coefficient (Wildman–Crippen LogP) is 2.82. The van der Waals surface area contributed by atoms with Gasteiger partial charge in [-0.1, -0.05) is 42.5 Å². The standard InChI is InChI=1S/C24H31ClN4O2/c1-3-4-5-22-20(26)8-9-24(31)29(22)13-12-28-11-10-21(23(30)16-28)27-15-18-6-7-19(25)17(2)14-18/h3-9,14,21,23,27,30H,1,10-13,15-16,26H2,2H3/b5-4-/t21-,23+/m0/s1. The number of nitrogens with two attached hydrogens (primary N) is 1. The number of β-amino-alcohol motifs (C(OH)–C–C–N with tert-alkyl or cyclic N) is 1. The van der Waals surface area contributed by atoms with E-state index in [-0.39, 0.29) is 11.6 Å². The van der Waals surface area contributed by atoms with Crippen LogP contribution in [-0.4, -0.2) is 46.4 Å². The van der Waals surface area contributed by atoms with Crippen LogP contribution in [0.3, 0.4) is 0 Å². The Hall–Kier alpha value is -2.38. The first-order chi connectivity index (χ1) is 14.9. The van der Waals surface area contributed by atoms with Gasteiger partial charge >= 0.3 is 0 Å². The first-order valence-corrected chi connectivity index (χ1v) is 10.9. The van der Waals surface area contributed by atoms with Crippen molar-refractivity contribution in [3.63, 3.8) is 0 Å². The molecule has 0 amide bonds. The topological polar surface area (TPSA) is 83.5 Å². The van der Waals surface area contributed by atoms with Crippen LogP contribution in [-0.2, 0) is 13.1 Å². The van der Waals surface area contributed by atoms with E-state index < -0.39 is 6.10 Å². The predicted molar refractivity (Wildman–Crippen MR) is 128 cm³/mol. The van der Waals surface area contributed by atoms with Crippen LogP contribution in [0.15, 0.2) is 53.9 Å². The summed E-state index contributed by atoms with van der Waals surface area (Å²) < 4.78 is 1.68. The van der Waals surface area contributed by atoms with Crippen LogP contribution in [0.4, 0.5) is 5.69 Å². The number of halogens is 1. The molecule has 1 aliphatic rings. The van der Waals surface area contributed by atoms with Gasteiger partial charge in [-0.25, -0.2) is 0 Å². The third-order valence-corrected chi connectivity index (χ3v) is 6.17. The fourth-order valence-corrected chi connectivity index (χ4v) is 4.05. The van der Waals surface area contributed by atoms with E-state index in [9.17, 15) is 9.90 Å². The number of benzene rings is 1. The number of piperidine rings is 1. The molecule has 166 valence electrons. The second-order valence-electron chi connectivity index (χ2n) is 7.99. The van der Waals surface area contributed by atoms with Crippen molar-refractivity contribution in [2.24, 2.45) is 0 Å². The van der Waals surface area contributed by atoms with E-state index in [2.05, 4.69) is 22.9 Å². The van der Waals surface area contributed by atoms with Crippen LogP contribution >= 0.6 is 11.6 Å². The fraction of sp³-hybridized carbons (Fsp3) is 0.375. The van der Waals surface area contributed by atoms with Crippen molar-refractivity contribution in [3.05, 3.63) is 81.3 Å². The van der Waals surface area contributed by atoms with Gasteiger partial charge in [0.2, 0.25) is 0 Å². The summed E-state index contributed by atoms with van der Waals surface area (Å²) in [7, 11) is 0. The molecule has 0 bridgehead atoms. The number of aliphatic hydroxyl groups is 1. The molecule has 3 rings (SSSR count). The first kappa shape index (κ1) is 23.3. The molecule has 1 aliphatic heterocycles. The van der Waals surface area contributed by atoms with Crippen molar-refractivity contribution in [2.75, 3.05) is 25.4 Å². The number of hydrogen-bond acceptors (Lipinski definition) is 5. The molecule has 2 atom stereocenters. The number of nitrogen functional groups attached to an aromatic ring is 1. The average molecular weight is 443 g/mol. The second kappa shape index (κ2) is 10.8. The van der Waals surface area contributed by atoms with Crippen molar-refractivity contribution < 1.29 is 5.11 Å². The van der Waals surface area contributed by atoms with Crippen LogP contribution in [0.1, 0.15) is 23.2 Å². The number of aromatic nitrogens is 1. The van der Waals surface area contributed by atoms with Gasteiger partial charge in [0.15, 0.2) is 0 Å². The first-order valence-electron chi connectivity index (χ1n) is 10.6. The Bertz CT molecular complexity index is 1000. The van der Waals surface area contributed by atoms with Crippen molar-refractivity contribution in [1.29, 1.82) is 0 Å². The van der Waals surface area contributed by atoms with Gasteiger partial charge in [0.05, 0.1) is 17.5 Å². The number of likely N-dealkylation sites (tertiary alicyclic amines) is 1. The number of anilines is 1. The maximum Gasteiger partial charge on any atom is 0.251 e. The zero-order valence-corrected chi connectivity index (χ0v) is 18.7. The summed E-state index contributed by atoms with van der Waals surface area (Å²) >= 11 is 6.09. The smallest absolute Gasteiger partial charge is 0.251 e. The lowest BCUT2D eigenvalue weighted by Gasteiger charge is -2.36. The van der Waals surface area contributed by atoms with E-state index in [4.69, 9.17) is 17.3 Å². The molecular formula is C24H31ClN4O2. The molecule has 0 radical (unpaired) electrons. The molecule has 2 aromatic rings. The summed E-state index contributed by atoms with van der Waals surface area (Å²) in [6, 6.07) is 9.14. The molecule has 6 nitrogen and oxygen atoms in total. The number of nitrogens with zero attached hydrogens (tertiary/aromatic N) is 2. The molecule has 2 heterocycles. The minimum atomic E-state index is -0.472. The van der Waals surface area contributed by atoms with Crippen molar-refractivity contribution in [1.82, 2.24) is 14.8 Å². The van der Waals surface area contributed by atoms with Gasteiger partial charge in [-0.3, -0.25) is 9.69 Å². The third-order valence-electron chi connectivity index (χ3n) is 5.74. The zero-order chi connectivity index (χ0) is 22.4. The Morgan fingerprint density at radius 2 is 2.13 bits per heavy atom. The Morgan fingerprint density at radius 3 is 2.84 bits per heavy atom. The number of aliphatic hydroxyl groups excluding tert-OH is 1. The highest BCUT2D eigenvalue weighted by molar-refractivity contribution is 6.31. The van der Waals surface area contributed by atoms with E-state index in [1.165, 1.54) is 6.07 Å². The summed E-state index contributed by atoms with van der Waals surface area (Å²) in [5.41, 5.74) is 9.41. The van der Waals surface area contributed by atoms with Crippen LogP contribution in [0.25, 0.3) is 6.08 Å². The Kier molecular flexibility index (Phi) is 8.09. The normalized spacial score (nSPS) is 19.7. The minimum Gasteiger partial charge on any atom is -0.397 e. The minimum absolute atomic E-state index is 0.0356. The monoisotopic (exact) mass is 442 g/mol. The van der Waals surface area contributed by atoms with Crippen LogP contribution in [0, 0.1) is 6.92 Å². The highest BCUT2D eigenvalue weighted by Gasteiger charge is 2.27. The lowest BCUT2D eigenvalue weighted by Crippen LogP contribution is -2.53. The molecule has 0 spiro atoms. The lowest BCUT2D eigenvalue weighted by molar-refractivity contribution is 0.0384. The van der Waals surface area contributed by atoms with Gasteiger partial charge in [-0.15, -0.1) is 0 Å². The van der Waals surface area contributed by atoms with Gasteiger partial charge in [0.1, 0.15) is 0 Å². The van der Waals surface area contributed by atoms with Gasteiger partial charge in [0, 0.05) is 43.3 Å². The van der Waals surface area contributed by atoms with E-state index in [0.29, 0.717) is 37.6 Å². The molecule has 0 unspecified atom stereocenters. The third kappa shape index (κ3) is 6.08. The number of pyridine rings is 1. The van der Waals surface area contributed by atoms with Gasteiger partial charge in [-0.05, 0) is 49.2 Å². The molecule has 0 saturated carbocycles. The number of hydrogen-bond donors (Lipinski definition) is 3. The summed E-state index contributed by atoms with van der Waals surface area (Å²) in [6.45, 7) is 8.94. The van der Waals surface area contributed by atoms with Gasteiger partial charge in [0.25, 0.3) is 5.56 Å². The molecule has 1 aromatic heterocycles. The van der Waals surface area contributed by atoms with E-state index >= 15 is 0 Å². The maximum absolute atomic E-state index is 12.4. The molecule has 1 aromatic carbocycles. The summed E-state index contributed by atoms with van der Waals surface area (Å²) in [6.07, 6.45) is 5.58. The van der Waals surface area contributed by atoms with Crippen LogP contribution in [0.5, 0.6) is 0 Å². The highest BCUT2D eigenvalue weighted by atomic mass is 35.5. The van der Waals surface area contributed by atoms with E-state index in [0.717, 1.165) is 29.1 Å². The fourth-order valence-electron chi connectivity index (χ4n) is 3.93. The Balaban J connectivity index is 1.55. The van der Waals surface area contributed by atoms with Crippen molar-refractivity contribution in [2.45, 2.75) is 38.6 Å². The van der Waals surface area contributed by atoms with E-state index in [1.54, 1.807) is 28.9 Å². The zero-order valence-electron chi connectivity index (χ0n) is 17.9. The largest absolute Gasteiger partial charge is 0.397 e. The maximum atomic E-state index is 12.4. The van der Waals surface area contributed by atoms with Gasteiger partial charge in [-0.2, -0.15) is 0 Å². The lowest BCUT2D eigenvalue weighted by atomic mass is 10.0. The second-order valence-corrected chi connectivity index (χ2v) is 8.39.